The smallest absolute Gasteiger partial charge is 0.125 e. The van der Waals surface area contributed by atoms with Crippen LogP contribution < -0.4 is 0 Å². The van der Waals surface area contributed by atoms with Crippen molar-refractivity contribution in [2.45, 2.75) is 32.2 Å². The van der Waals surface area contributed by atoms with Gasteiger partial charge in [-0.15, -0.1) is 11.6 Å². The fraction of sp³-hybridized carbons (Fsp3) is 0.533. The Labute approximate surface area is 122 Å². The van der Waals surface area contributed by atoms with Crippen LogP contribution in [0, 0.1) is 11.2 Å². The number of halogens is 2. The Morgan fingerprint density at radius 3 is 2.85 bits per heavy atom. The maximum atomic E-state index is 13.5. The third-order valence-electron chi connectivity index (χ3n) is 4.15. The molecule has 0 unspecified atom stereocenters. The molecule has 2 heterocycles. The van der Waals surface area contributed by atoms with E-state index in [0.717, 1.165) is 49.5 Å². The number of fused-ring (bicyclic) bond motifs is 1. The molecule has 0 saturated carbocycles. The summed E-state index contributed by atoms with van der Waals surface area (Å²) < 4.78 is 21.0. The van der Waals surface area contributed by atoms with Gasteiger partial charge in [0.05, 0.1) is 16.9 Å². The normalized spacial score (nSPS) is 18.6. The molecule has 1 aliphatic heterocycles. The van der Waals surface area contributed by atoms with Gasteiger partial charge < -0.3 is 9.30 Å². The van der Waals surface area contributed by atoms with E-state index in [-0.39, 0.29) is 11.2 Å². The summed E-state index contributed by atoms with van der Waals surface area (Å²) >= 11 is 6.00. The van der Waals surface area contributed by atoms with Crippen molar-refractivity contribution in [1.82, 2.24) is 9.55 Å². The van der Waals surface area contributed by atoms with Crippen LogP contribution in [0.4, 0.5) is 4.39 Å². The Morgan fingerprint density at radius 1 is 1.40 bits per heavy atom. The lowest BCUT2D eigenvalue weighted by Gasteiger charge is -2.34. The number of rotatable bonds is 3. The standard InChI is InChI=1S/C15H18ClFN2O/c1-15(4-6-20-7-5-15)10-19-13-8-11(17)2-3-12(13)18-14(19)9-16/h2-3,8H,4-7,9-10H2,1H3. The molecule has 0 spiro atoms. The first-order valence-electron chi connectivity index (χ1n) is 6.90. The number of benzene rings is 1. The number of alkyl halides is 1. The van der Waals surface area contributed by atoms with E-state index < -0.39 is 0 Å². The largest absolute Gasteiger partial charge is 0.381 e. The first-order valence-corrected chi connectivity index (χ1v) is 7.43. The van der Waals surface area contributed by atoms with Crippen LogP contribution in [0.2, 0.25) is 0 Å². The zero-order chi connectivity index (χ0) is 14.2. The third kappa shape index (κ3) is 2.54. The van der Waals surface area contributed by atoms with E-state index in [1.54, 1.807) is 12.1 Å². The van der Waals surface area contributed by atoms with Crippen LogP contribution in [0.1, 0.15) is 25.6 Å². The van der Waals surface area contributed by atoms with Gasteiger partial charge >= 0.3 is 0 Å². The number of aromatic nitrogens is 2. The van der Waals surface area contributed by atoms with Gasteiger partial charge in [0, 0.05) is 19.8 Å². The van der Waals surface area contributed by atoms with Crippen LogP contribution in [0.3, 0.4) is 0 Å². The van der Waals surface area contributed by atoms with E-state index in [2.05, 4.69) is 16.5 Å². The highest BCUT2D eigenvalue weighted by atomic mass is 35.5. The van der Waals surface area contributed by atoms with E-state index >= 15 is 0 Å². The monoisotopic (exact) mass is 296 g/mol. The van der Waals surface area contributed by atoms with Gasteiger partial charge in [-0.3, -0.25) is 0 Å². The molecule has 20 heavy (non-hydrogen) atoms. The average molecular weight is 297 g/mol. The van der Waals surface area contributed by atoms with E-state index in [1.165, 1.54) is 6.07 Å². The topological polar surface area (TPSA) is 27.1 Å². The molecule has 1 aromatic carbocycles. The highest BCUT2D eigenvalue weighted by Crippen LogP contribution is 2.33. The summed E-state index contributed by atoms with van der Waals surface area (Å²) in [5, 5.41) is 0. The van der Waals surface area contributed by atoms with Gasteiger partial charge in [-0.25, -0.2) is 9.37 Å². The molecule has 0 aliphatic carbocycles. The molecular weight excluding hydrogens is 279 g/mol. The zero-order valence-electron chi connectivity index (χ0n) is 11.5. The Morgan fingerprint density at radius 2 is 2.15 bits per heavy atom. The van der Waals surface area contributed by atoms with Crippen molar-refractivity contribution in [3.63, 3.8) is 0 Å². The fourth-order valence-corrected chi connectivity index (χ4v) is 3.03. The van der Waals surface area contributed by atoms with Gasteiger partial charge in [0.1, 0.15) is 11.6 Å². The van der Waals surface area contributed by atoms with E-state index in [1.807, 2.05) is 0 Å². The average Bonchev–Trinajstić information content (AvgIpc) is 2.77. The van der Waals surface area contributed by atoms with Crippen LogP contribution in [0.25, 0.3) is 11.0 Å². The molecule has 1 fully saturated rings. The summed E-state index contributed by atoms with van der Waals surface area (Å²) in [7, 11) is 0. The predicted octanol–water partition coefficient (Wildman–Crippen LogP) is 3.73. The summed E-state index contributed by atoms with van der Waals surface area (Å²) in [6.45, 7) is 4.62. The van der Waals surface area contributed by atoms with Crippen molar-refractivity contribution in [2.24, 2.45) is 5.41 Å². The molecule has 0 bridgehead atoms. The molecule has 0 radical (unpaired) electrons. The Hall–Kier alpha value is -1.13. The van der Waals surface area contributed by atoms with Crippen LogP contribution in [0.5, 0.6) is 0 Å². The quantitative estimate of drug-likeness (QED) is 0.807. The lowest BCUT2D eigenvalue weighted by molar-refractivity contribution is 0.0157. The second-order valence-electron chi connectivity index (χ2n) is 5.80. The summed E-state index contributed by atoms with van der Waals surface area (Å²) in [6.07, 6.45) is 2.01. The van der Waals surface area contributed by atoms with Gasteiger partial charge in [-0.2, -0.15) is 0 Å². The van der Waals surface area contributed by atoms with Crippen molar-refractivity contribution >= 4 is 22.6 Å². The van der Waals surface area contributed by atoms with Crippen LogP contribution in [-0.4, -0.2) is 22.8 Å². The maximum absolute atomic E-state index is 13.5. The molecule has 3 nitrogen and oxygen atoms in total. The fourth-order valence-electron chi connectivity index (χ4n) is 2.83. The van der Waals surface area contributed by atoms with Crippen molar-refractivity contribution in [1.29, 1.82) is 0 Å². The molecule has 2 aromatic rings. The molecule has 0 amide bonds. The molecular formula is C15H18ClFN2O. The molecule has 108 valence electrons. The molecule has 1 aromatic heterocycles. The molecule has 3 rings (SSSR count). The number of nitrogens with zero attached hydrogens (tertiary/aromatic N) is 2. The highest BCUT2D eigenvalue weighted by molar-refractivity contribution is 6.16. The van der Waals surface area contributed by atoms with Crippen molar-refractivity contribution < 1.29 is 9.13 Å². The lowest BCUT2D eigenvalue weighted by atomic mass is 9.82. The van der Waals surface area contributed by atoms with Crippen molar-refractivity contribution in [2.75, 3.05) is 13.2 Å². The summed E-state index contributed by atoms with van der Waals surface area (Å²) in [5.74, 6) is 0.903. The van der Waals surface area contributed by atoms with Crippen LogP contribution in [0.15, 0.2) is 18.2 Å². The number of hydrogen-bond donors (Lipinski definition) is 0. The van der Waals surface area contributed by atoms with Gasteiger partial charge in [-0.05, 0) is 36.5 Å². The number of hydrogen-bond acceptors (Lipinski definition) is 2. The lowest BCUT2D eigenvalue weighted by Crippen LogP contribution is -2.31. The minimum atomic E-state index is -0.239. The molecule has 0 atom stereocenters. The van der Waals surface area contributed by atoms with Gasteiger partial charge in [-0.1, -0.05) is 6.92 Å². The third-order valence-corrected chi connectivity index (χ3v) is 4.39. The van der Waals surface area contributed by atoms with E-state index in [4.69, 9.17) is 16.3 Å². The highest BCUT2D eigenvalue weighted by Gasteiger charge is 2.29. The van der Waals surface area contributed by atoms with Crippen molar-refractivity contribution in [3.8, 4) is 0 Å². The Bertz CT molecular complexity index is 620. The zero-order valence-corrected chi connectivity index (χ0v) is 12.3. The molecule has 1 aliphatic rings. The first kappa shape index (κ1) is 13.8. The number of imidazole rings is 1. The van der Waals surface area contributed by atoms with E-state index in [9.17, 15) is 4.39 Å². The molecule has 1 saturated heterocycles. The minimum absolute atomic E-state index is 0.152. The van der Waals surface area contributed by atoms with E-state index in [0.29, 0.717) is 5.88 Å². The van der Waals surface area contributed by atoms with Gasteiger partial charge in [0.15, 0.2) is 0 Å². The van der Waals surface area contributed by atoms with Crippen LogP contribution in [-0.2, 0) is 17.2 Å². The summed E-state index contributed by atoms with van der Waals surface area (Å²) in [4.78, 5) is 4.50. The summed E-state index contributed by atoms with van der Waals surface area (Å²) in [5.41, 5.74) is 1.78. The Balaban J connectivity index is 2.02. The first-order chi connectivity index (χ1) is 9.61. The second kappa shape index (κ2) is 5.34. The van der Waals surface area contributed by atoms with Crippen molar-refractivity contribution in [3.05, 3.63) is 29.8 Å². The van der Waals surface area contributed by atoms with Gasteiger partial charge in [0.25, 0.3) is 0 Å². The van der Waals surface area contributed by atoms with Gasteiger partial charge in [0.2, 0.25) is 0 Å². The maximum Gasteiger partial charge on any atom is 0.125 e. The minimum Gasteiger partial charge on any atom is -0.381 e. The Kier molecular flexibility index (Phi) is 3.69. The van der Waals surface area contributed by atoms with Crippen LogP contribution >= 0.6 is 11.6 Å². The molecule has 0 N–H and O–H groups in total. The summed E-state index contributed by atoms with van der Waals surface area (Å²) in [6, 6.07) is 4.69. The molecule has 5 heteroatoms. The number of ether oxygens (including phenoxy) is 1. The predicted molar refractivity (Wildman–Crippen MR) is 77.4 cm³/mol. The SMILES string of the molecule is CC1(Cn2c(CCl)nc3ccc(F)cc32)CCOCC1. The second-order valence-corrected chi connectivity index (χ2v) is 6.07.